The molecule has 0 aromatic carbocycles. The van der Waals surface area contributed by atoms with Gasteiger partial charge in [0.1, 0.15) is 5.60 Å². The Kier molecular flexibility index (Phi) is 4.43. The van der Waals surface area contributed by atoms with Crippen LogP contribution in [0, 0.1) is 16.7 Å². The lowest BCUT2D eigenvalue weighted by atomic mass is 9.91. The number of rotatable bonds is 3. The van der Waals surface area contributed by atoms with Crippen LogP contribution >= 0.6 is 0 Å². The predicted molar refractivity (Wildman–Crippen MR) is 59.4 cm³/mol. The van der Waals surface area contributed by atoms with Gasteiger partial charge in [0, 0.05) is 0 Å². The minimum Gasteiger partial charge on any atom is -0.459 e. The van der Waals surface area contributed by atoms with Gasteiger partial charge in [0.05, 0.1) is 6.07 Å². The SMILES string of the molecule is CC(=O)/C=C/[C@@](C)(C#N)C(=O)OC(C)(C)C. The maximum Gasteiger partial charge on any atom is 0.330 e. The molecule has 0 N–H and O–H groups in total. The van der Waals surface area contributed by atoms with Crippen LogP contribution in [0.15, 0.2) is 12.2 Å². The number of carbonyl (C=O) groups excluding carboxylic acids is 2. The van der Waals surface area contributed by atoms with Crippen LogP contribution in [0.5, 0.6) is 0 Å². The molecule has 0 bridgehead atoms. The van der Waals surface area contributed by atoms with Crippen molar-refractivity contribution in [2.45, 2.75) is 40.2 Å². The Hall–Kier alpha value is -1.63. The van der Waals surface area contributed by atoms with E-state index < -0.39 is 17.0 Å². The summed E-state index contributed by atoms with van der Waals surface area (Å²) in [6.45, 7) is 7.93. The summed E-state index contributed by atoms with van der Waals surface area (Å²) in [5, 5.41) is 8.95. The van der Waals surface area contributed by atoms with Crippen LogP contribution < -0.4 is 0 Å². The zero-order valence-corrected chi connectivity index (χ0v) is 10.3. The molecular weight excluding hydrogens is 206 g/mol. The van der Waals surface area contributed by atoms with E-state index in [0.29, 0.717) is 0 Å². The van der Waals surface area contributed by atoms with Crippen LogP contribution in [-0.2, 0) is 14.3 Å². The molecule has 0 spiro atoms. The van der Waals surface area contributed by atoms with Gasteiger partial charge in [0.25, 0.3) is 0 Å². The molecule has 0 aromatic rings. The Bertz CT molecular complexity index is 357. The van der Waals surface area contributed by atoms with Gasteiger partial charge in [0.2, 0.25) is 0 Å². The van der Waals surface area contributed by atoms with Crippen LogP contribution in [-0.4, -0.2) is 17.4 Å². The largest absolute Gasteiger partial charge is 0.459 e. The first-order chi connectivity index (χ1) is 7.10. The molecule has 0 saturated heterocycles. The Morgan fingerprint density at radius 2 is 1.75 bits per heavy atom. The molecule has 0 aliphatic rings. The van der Waals surface area contributed by atoms with E-state index in [1.165, 1.54) is 26.0 Å². The fourth-order valence-corrected chi connectivity index (χ4v) is 0.819. The lowest BCUT2D eigenvalue weighted by Gasteiger charge is -2.24. The van der Waals surface area contributed by atoms with E-state index in [1.54, 1.807) is 20.8 Å². The smallest absolute Gasteiger partial charge is 0.330 e. The Morgan fingerprint density at radius 3 is 2.06 bits per heavy atom. The number of hydrogen-bond donors (Lipinski definition) is 0. The predicted octanol–water partition coefficient (Wildman–Crippen LogP) is 2.00. The van der Waals surface area contributed by atoms with Gasteiger partial charge in [-0.25, -0.2) is 4.79 Å². The van der Waals surface area contributed by atoms with Crippen molar-refractivity contribution in [3.8, 4) is 6.07 Å². The van der Waals surface area contributed by atoms with Crippen molar-refractivity contribution in [2.75, 3.05) is 0 Å². The van der Waals surface area contributed by atoms with Crippen LogP contribution in [0.2, 0.25) is 0 Å². The van der Waals surface area contributed by atoms with E-state index in [0.717, 1.165) is 0 Å². The van der Waals surface area contributed by atoms with Crippen molar-refractivity contribution in [2.24, 2.45) is 5.41 Å². The molecule has 1 atom stereocenters. The van der Waals surface area contributed by atoms with E-state index in [4.69, 9.17) is 10.00 Å². The number of ether oxygens (including phenoxy) is 1. The Balaban J connectivity index is 4.92. The lowest BCUT2D eigenvalue weighted by Crippen LogP contribution is -2.33. The summed E-state index contributed by atoms with van der Waals surface area (Å²) >= 11 is 0. The second-order valence-electron chi connectivity index (χ2n) is 4.76. The maximum absolute atomic E-state index is 11.7. The Labute approximate surface area is 95.9 Å². The van der Waals surface area contributed by atoms with Gasteiger partial charge < -0.3 is 4.74 Å². The van der Waals surface area contributed by atoms with Crippen molar-refractivity contribution < 1.29 is 14.3 Å². The van der Waals surface area contributed by atoms with Gasteiger partial charge in [-0.3, -0.25) is 4.79 Å². The number of ketones is 1. The first-order valence-electron chi connectivity index (χ1n) is 4.95. The molecule has 0 rings (SSSR count). The van der Waals surface area contributed by atoms with Gasteiger partial charge in [-0.15, -0.1) is 0 Å². The molecule has 0 heterocycles. The molecule has 88 valence electrons. The zero-order valence-electron chi connectivity index (χ0n) is 10.3. The summed E-state index contributed by atoms with van der Waals surface area (Å²) in [5.74, 6) is -0.870. The van der Waals surface area contributed by atoms with Gasteiger partial charge in [-0.05, 0) is 40.7 Å². The van der Waals surface area contributed by atoms with Crippen LogP contribution in [0.1, 0.15) is 34.6 Å². The van der Waals surface area contributed by atoms with E-state index in [-0.39, 0.29) is 5.78 Å². The molecule has 0 aliphatic heterocycles. The van der Waals surface area contributed by atoms with Crippen molar-refractivity contribution in [3.05, 3.63) is 12.2 Å². The summed E-state index contributed by atoms with van der Waals surface area (Å²) in [6, 6.07) is 1.84. The molecule has 4 heteroatoms. The molecule has 0 fully saturated rings. The highest BCUT2D eigenvalue weighted by molar-refractivity contribution is 5.90. The molecule has 0 aliphatic carbocycles. The van der Waals surface area contributed by atoms with E-state index in [2.05, 4.69) is 0 Å². The summed E-state index contributed by atoms with van der Waals surface area (Å²) in [5.41, 5.74) is -2.07. The van der Waals surface area contributed by atoms with E-state index >= 15 is 0 Å². The maximum atomic E-state index is 11.7. The second kappa shape index (κ2) is 4.93. The highest BCUT2D eigenvalue weighted by Gasteiger charge is 2.35. The molecule has 0 aromatic heterocycles. The second-order valence-corrected chi connectivity index (χ2v) is 4.76. The summed E-state index contributed by atoms with van der Waals surface area (Å²) in [7, 11) is 0. The van der Waals surface area contributed by atoms with Crippen molar-refractivity contribution in [1.82, 2.24) is 0 Å². The average molecular weight is 223 g/mol. The number of carbonyl (C=O) groups is 2. The van der Waals surface area contributed by atoms with E-state index in [1.807, 2.05) is 6.07 Å². The number of nitrogens with zero attached hydrogens (tertiary/aromatic N) is 1. The first-order valence-corrected chi connectivity index (χ1v) is 4.95. The highest BCUT2D eigenvalue weighted by Crippen LogP contribution is 2.22. The number of nitriles is 1. The molecule has 0 amide bonds. The average Bonchev–Trinajstić information content (AvgIpc) is 2.11. The topological polar surface area (TPSA) is 67.2 Å². The summed E-state index contributed by atoms with van der Waals surface area (Å²) in [6.07, 6.45) is 2.47. The monoisotopic (exact) mass is 223 g/mol. The van der Waals surface area contributed by atoms with E-state index in [9.17, 15) is 9.59 Å². The van der Waals surface area contributed by atoms with Gasteiger partial charge in [-0.1, -0.05) is 6.08 Å². The summed E-state index contributed by atoms with van der Waals surface area (Å²) < 4.78 is 5.10. The number of hydrogen-bond acceptors (Lipinski definition) is 4. The van der Waals surface area contributed by atoms with Crippen LogP contribution in [0.4, 0.5) is 0 Å². The van der Waals surface area contributed by atoms with Crippen molar-refractivity contribution >= 4 is 11.8 Å². The van der Waals surface area contributed by atoms with Gasteiger partial charge >= 0.3 is 5.97 Å². The fourth-order valence-electron chi connectivity index (χ4n) is 0.819. The fraction of sp³-hybridized carbons (Fsp3) is 0.583. The lowest BCUT2D eigenvalue weighted by molar-refractivity contribution is -0.160. The minimum atomic E-state index is -1.42. The normalized spacial score (nSPS) is 15.2. The molecule has 0 radical (unpaired) electrons. The standard InChI is InChI=1S/C12H17NO3/c1-9(14)6-7-12(5,8-13)10(15)16-11(2,3)4/h6-7H,1-5H3/b7-6+/t12-/m0/s1. The third kappa shape index (κ3) is 4.74. The molecule has 16 heavy (non-hydrogen) atoms. The highest BCUT2D eigenvalue weighted by atomic mass is 16.6. The van der Waals surface area contributed by atoms with Crippen LogP contribution in [0.3, 0.4) is 0 Å². The van der Waals surface area contributed by atoms with Gasteiger partial charge in [-0.2, -0.15) is 5.26 Å². The Morgan fingerprint density at radius 1 is 1.25 bits per heavy atom. The molecule has 0 saturated carbocycles. The molecule has 0 unspecified atom stereocenters. The molecular formula is C12H17NO3. The summed E-state index contributed by atoms with van der Waals surface area (Å²) in [4.78, 5) is 22.5. The third-order valence-electron chi connectivity index (χ3n) is 1.71. The number of esters is 1. The van der Waals surface area contributed by atoms with Gasteiger partial charge in [0.15, 0.2) is 11.2 Å². The minimum absolute atomic E-state index is 0.218. The first kappa shape index (κ1) is 14.4. The molecule has 4 nitrogen and oxygen atoms in total. The quantitative estimate of drug-likeness (QED) is 0.542. The van der Waals surface area contributed by atoms with Crippen molar-refractivity contribution in [3.63, 3.8) is 0 Å². The zero-order chi connectivity index (χ0) is 13.0. The third-order valence-corrected chi connectivity index (χ3v) is 1.71. The van der Waals surface area contributed by atoms with Crippen molar-refractivity contribution in [1.29, 1.82) is 5.26 Å². The number of allylic oxidation sites excluding steroid dienone is 1. The van der Waals surface area contributed by atoms with Crippen LogP contribution in [0.25, 0.3) is 0 Å².